The lowest BCUT2D eigenvalue weighted by atomic mass is 10.1. The number of benzene rings is 1. The Morgan fingerprint density at radius 1 is 1.25 bits per heavy atom. The van der Waals surface area contributed by atoms with Crippen LogP contribution in [0.4, 0.5) is 0 Å². The summed E-state index contributed by atoms with van der Waals surface area (Å²) >= 11 is 5.90. The molecule has 4 rings (SSSR count). The first-order valence-electron chi connectivity index (χ1n) is 9.12. The molecule has 1 saturated carbocycles. The van der Waals surface area contributed by atoms with E-state index < -0.39 is 6.10 Å². The SMILES string of the molecule is O=C(N[C@@H]1CC(Cn2cc(Cl)cn2)C[C@H]1O)c1cncnc1-c1ccccc1. The van der Waals surface area contributed by atoms with Crippen molar-refractivity contribution in [1.82, 2.24) is 25.1 Å². The van der Waals surface area contributed by atoms with Crippen LogP contribution in [0.3, 0.4) is 0 Å². The van der Waals surface area contributed by atoms with Gasteiger partial charge in [-0.3, -0.25) is 9.48 Å². The third-order valence-corrected chi connectivity index (χ3v) is 5.19. The predicted octanol–water partition coefficient (Wildman–Crippen LogP) is 2.56. The van der Waals surface area contributed by atoms with Crippen LogP contribution in [-0.2, 0) is 6.54 Å². The van der Waals surface area contributed by atoms with Crippen LogP contribution in [0.15, 0.2) is 55.2 Å². The van der Waals surface area contributed by atoms with Crippen LogP contribution in [0.25, 0.3) is 11.3 Å². The number of carbonyl (C=O) groups is 1. The highest BCUT2D eigenvalue weighted by Gasteiger charge is 2.34. The topological polar surface area (TPSA) is 92.9 Å². The Bertz CT molecular complexity index is 962. The van der Waals surface area contributed by atoms with Gasteiger partial charge in [0.1, 0.15) is 6.33 Å². The molecule has 1 amide bonds. The van der Waals surface area contributed by atoms with Gasteiger partial charge < -0.3 is 10.4 Å². The quantitative estimate of drug-likeness (QED) is 0.690. The standard InChI is InChI=1S/C20H20ClN5O2/c21-15-8-24-26(11-15)10-13-6-17(18(27)7-13)25-20(28)16-9-22-12-23-19(16)14-4-2-1-3-5-14/h1-5,8-9,11-13,17-18,27H,6-7,10H2,(H,25,28)/t13?,17-,18-/m1/s1. The normalized spacial score (nSPS) is 21.6. The Kier molecular flexibility index (Phi) is 5.36. The molecule has 1 aliphatic rings. The molecule has 3 aromatic rings. The lowest BCUT2D eigenvalue weighted by molar-refractivity contribution is 0.0872. The Hall–Kier alpha value is -2.77. The highest BCUT2D eigenvalue weighted by Crippen LogP contribution is 2.28. The molecule has 8 heteroatoms. The van der Waals surface area contributed by atoms with Crippen LogP contribution in [0.2, 0.25) is 5.02 Å². The Labute approximate surface area is 167 Å². The highest BCUT2D eigenvalue weighted by molar-refractivity contribution is 6.30. The lowest BCUT2D eigenvalue weighted by Gasteiger charge is -2.17. The van der Waals surface area contributed by atoms with Gasteiger partial charge in [-0.05, 0) is 18.8 Å². The molecular weight excluding hydrogens is 378 g/mol. The van der Waals surface area contributed by atoms with Crippen LogP contribution in [0.5, 0.6) is 0 Å². The van der Waals surface area contributed by atoms with Gasteiger partial charge >= 0.3 is 0 Å². The van der Waals surface area contributed by atoms with Crippen molar-refractivity contribution in [1.29, 1.82) is 0 Å². The Balaban J connectivity index is 1.46. The first kappa shape index (κ1) is 18.6. The number of hydrogen-bond donors (Lipinski definition) is 2. The maximum absolute atomic E-state index is 12.9. The van der Waals surface area contributed by atoms with Gasteiger partial charge in [0, 0.05) is 24.5 Å². The number of amides is 1. The van der Waals surface area contributed by atoms with Crippen molar-refractivity contribution >= 4 is 17.5 Å². The number of nitrogens with zero attached hydrogens (tertiary/aromatic N) is 4. The number of aliphatic hydroxyl groups is 1. The van der Waals surface area contributed by atoms with Crippen LogP contribution in [-0.4, -0.2) is 42.9 Å². The molecule has 3 atom stereocenters. The van der Waals surface area contributed by atoms with E-state index in [0.717, 1.165) is 5.56 Å². The summed E-state index contributed by atoms with van der Waals surface area (Å²) in [6, 6.07) is 9.17. The summed E-state index contributed by atoms with van der Waals surface area (Å²) in [6.45, 7) is 0.653. The summed E-state index contributed by atoms with van der Waals surface area (Å²) in [6.07, 6.45) is 6.94. The molecule has 144 valence electrons. The summed E-state index contributed by atoms with van der Waals surface area (Å²) in [5.41, 5.74) is 1.81. The zero-order chi connectivity index (χ0) is 19.5. The lowest BCUT2D eigenvalue weighted by Crippen LogP contribution is -2.40. The predicted molar refractivity (Wildman–Crippen MR) is 105 cm³/mol. The van der Waals surface area contributed by atoms with Gasteiger partial charge in [-0.1, -0.05) is 41.9 Å². The molecule has 2 heterocycles. The van der Waals surface area contributed by atoms with E-state index in [1.54, 1.807) is 17.1 Å². The smallest absolute Gasteiger partial charge is 0.255 e. The second kappa shape index (κ2) is 8.08. The van der Waals surface area contributed by atoms with Gasteiger partial charge in [0.15, 0.2) is 0 Å². The maximum Gasteiger partial charge on any atom is 0.255 e. The van der Waals surface area contributed by atoms with Crippen LogP contribution in [0, 0.1) is 5.92 Å². The molecule has 1 aliphatic carbocycles. The summed E-state index contributed by atoms with van der Waals surface area (Å²) in [5, 5.41) is 18.1. The van der Waals surface area contributed by atoms with Crippen LogP contribution in [0.1, 0.15) is 23.2 Å². The van der Waals surface area contributed by atoms with Gasteiger partial charge in [-0.15, -0.1) is 0 Å². The average Bonchev–Trinajstić information content (AvgIpc) is 3.27. The van der Waals surface area contributed by atoms with E-state index in [9.17, 15) is 9.90 Å². The zero-order valence-corrected chi connectivity index (χ0v) is 15.8. The molecular formula is C20H20ClN5O2. The van der Waals surface area contributed by atoms with E-state index in [1.807, 2.05) is 30.3 Å². The van der Waals surface area contributed by atoms with E-state index in [2.05, 4.69) is 20.4 Å². The second-order valence-corrected chi connectivity index (χ2v) is 7.45. The van der Waals surface area contributed by atoms with Gasteiger partial charge in [-0.2, -0.15) is 5.10 Å². The van der Waals surface area contributed by atoms with E-state index in [0.29, 0.717) is 35.7 Å². The number of rotatable bonds is 5. The third-order valence-electron chi connectivity index (χ3n) is 4.99. The van der Waals surface area contributed by atoms with Crippen molar-refractivity contribution in [3.63, 3.8) is 0 Å². The van der Waals surface area contributed by atoms with Crippen molar-refractivity contribution in [3.8, 4) is 11.3 Å². The van der Waals surface area contributed by atoms with Crippen molar-refractivity contribution in [2.75, 3.05) is 0 Å². The zero-order valence-electron chi connectivity index (χ0n) is 15.1. The molecule has 7 nitrogen and oxygen atoms in total. The van der Waals surface area contributed by atoms with Gasteiger partial charge in [0.05, 0.1) is 34.6 Å². The molecule has 0 bridgehead atoms. The van der Waals surface area contributed by atoms with Gasteiger partial charge in [0.2, 0.25) is 0 Å². The van der Waals surface area contributed by atoms with E-state index in [-0.39, 0.29) is 17.9 Å². The fourth-order valence-electron chi connectivity index (χ4n) is 3.69. The molecule has 0 spiro atoms. The Morgan fingerprint density at radius 3 is 2.82 bits per heavy atom. The first-order chi connectivity index (χ1) is 13.6. The van der Waals surface area contributed by atoms with Crippen LogP contribution < -0.4 is 5.32 Å². The maximum atomic E-state index is 12.9. The molecule has 2 N–H and O–H groups in total. The van der Waals surface area contributed by atoms with Crippen molar-refractivity contribution < 1.29 is 9.90 Å². The van der Waals surface area contributed by atoms with Gasteiger partial charge in [0.25, 0.3) is 5.91 Å². The number of aliphatic hydroxyl groups excluding tert-OH is 1. The summed E-state index contributed by atoms with van der Waals surface area (Å²) in [5.74, 6) is -0.0804. The largest absolute Gasteiger partial charge is 0.391 e. The average molecular weight is 398 g/mol. The summed E-state index contributed by atoms with van der Waals surface area (Å²) in [4.78, 5) is 21.1. The van der Waals surface area contributed by atoms with Crippen molar-refractivity contribution in [2.24, 2.45) is 5.92 Å². The molecule has 2 aromatic heterocycles. The van der Waals surface area contributed by atoms with Crippen molar-refractivity contribution in [2.45, 2.75) is 31.5 Å². The minimum atomic E-state index is -0.607. The number of halogens is 1. The van der Waals surface area contributed by atoms with Crippen molar-refractivity contribution in [3.05, 3.63) is 65.8 Å². The molecule has 1 aromatic carbocycles. The second-order valence-electron chi connectivity index (χ2n) is 7.02. The van der Waals surface area contributed by atoms with E-state index in [4.69, 9.17) is 11.6 Å². The number of aromatic nitrogens is 4. The molecule has 0 radical (unpaired) electrons. The number of nitrogens with one attached hydrogen (secondary N) is 1. The van der Waals surface area contributed by atoms with Crippen LogP contribution >= 0.6 is 11.6 Å². The van der Waals surface area contributed by atoms with E-state index in [1.165, 1.54) is 12.5 Å². The summed E-state index contributed by atoms with van der Waals surface area (Å²) in [7, 11) is 0. The fourth-order valence-corrected chi connectivity index (χ4v) is 3.85. The monoisotopic (exact) mass is 397 g/mol. The summed E-state index contributed by atoms with van der Waals surface area (Å²) < 4.78 is 1.77. The molecule has 1 unspecified atom stereocenters. The molecule has 0 saturated heterocycles. The minimum Gasteiger partial charge on any atom is -0.391 e. The number of hydrogen-bond acceptors (Lipinski definition) is 5. The van der Waals surface area contributed by atoms with Gasteiger partial charge in [-0.25, -0.2) is 9.97 Å². The molecule has 0 aliphatic heterocycles. The fraction of sp³-hybridized carbons (Fsp3) is 0.300. The third kappa shape index (κ3) is 4.05. The highest BCUT2D eigenvalue weighted by atomic mass is 35.5. The molecule has 1 fully saturated rings. The Morgan fingerprint density at radius 2 is 2.07 bits per heavy atom. The number of carbonyl (C=O) groups excluding carboxylic acids is 1. The van der Waals surface area contributed by atoms with E-state index >= 15 is 0 Å². The molecule has 28 heavy (non-hydrogen) atoms. The minimum absolute atomic E-state index is 0.205. The first-order valence-corrected chi connectivity index (χ1v) is 9.50.